The summed E-state index contributed by atoms with van der Waals surface area (Å²) in [4.78, 5) is 12.0. The number of halogens is 2. The summed E-state index contributed by atoms with van der Waals surface area (Å²) in [5, 5.41) is 6.53. The van der Waals surface area contributed by atoms with E-state index in [0.717, 1.165) is 46.8 Å². The van der Waals surface area contributed by atoms with E-state index in [-0.39, 0.29) is 29.8 Å². The van der Waals surface area contributed by atoms with Crippen molar-refractivity contribution in [1.29, 1.82) is 0 Å². The summed E-state index contributed by atoms with van der Waals surface area (Å²) in [6.07, 6.45) is 1.00. The molecule has 138 valence electrons. The summed E-state index contributed by atoms with van der Waals surface area (Å²) in [5.74, 6) is 1.65. The lowest BCUT2D eigenvalue weighted by molar-refractivity contribution is 0.471. The monoisotopic (exact) mass is 494 g/mol. The van der Waals surface area contributed by atoms with Gasteiger partial charge in [-0.25, -0.2) is 9.37 Å². The first-order valence-corrected chi connectivity index (χ1v) is 9.66. The highest BCUT2D eigenvalue weighted by Gasteiger charge is 2.08. The molecule has 4 nitrogen and oxygen atoms in total. The van der Waals surface area contributed by atoms with Crippen molar-refractivity contribution in [3.05, 3.63) is 46.2 Å². The van der Waals surface area contributed by atoms with Crippen molar-refractivity contribution in [2.75, 3.05) is 26.4 Å². The van der Waals surface area contributed by atoms with Gasteiger partial charge in [-0.2, -0.15) is 0 Å². The van der Waals surface area contributed by atoms with Gasteiger partial charge in [0.05, 0.1) is 17.2 Å². The van der Waals surface area contributed by atoms with E-state index >= 15 is 0 Å². The molecule has 1 N–H and O–H groups in total. The lowest BCUT2D eigenvalue weighted by atomic mass is 10.4. The quantitative estimate of drug-likeness (QED) is 0.204. The molecule has 0 unspecified atom stereocenters. The number of hydrogen-bond acceptors (Lipinski definition) is 4. The Labute approximate surface area is 174 Å². The number of aryl methyl sites for hydroxylation is 1. The maximum atomic E-state index is 12.8. The molecule has 0 atom stereocenters. The Bertz CT molecular complexity index is 661. The molecule has 0 bridgehead atoms. The second kappa shape index (κ2) is 11.7. The molecule has 2 aromatic rings. The third-order valence-corrected chi connectivity index (χ3v) is 5.25. The zero-order valence-electron chi connectivity index (χ0n) is 14.7. The van der Waals surface area contributed by atoms with E-state index in [1.165, 1.54) is 12.1 Å². The molecule has 0 aliphatic rings. The van der Waals surface area contributed by atoms with Gasteiger partial charge in [0.15, 0.2) is 5.96 Å². The Kier molecular flexibility index (Phi) is 10.4. The Morgan fingerprint density at radius 3 is 2.68 bits per heavy atom. The first-order chi connectivity index (χ1) is 11.6. The van der Waals surface area contributed by atoms with E-state index in [4.69, 9.17) is 0 Å². The molecule has 25 heavy (non-hydrogen) atoms. The lowest BCUT2D eigenvalue weighted by Gasteiger charge is -2.21. The van der Waals surface area contributed by atoms with Gasteiger partial charge in [-0.3, -0.25) is 4.99 Å². The van der Waals surface area contributed by atoms with Crippen molar-refractivity contribution in [2.24, 2.45) is 4.99 Å². The number of nitrogens with one attached hydrogen (secondary N) is 1. The van der Waals surface area contributed by atoms with Crippen molar-refractivity contribution in [3.8, 4) is 0 Å². The molecule has 0 amide bonds. The van der Waals surface area contributed by atoms with E-state index < -0.39 is 0 Å². The van der Waals surface area contributed by atoms with E-state index in [1.807, 2.05) is 26.1 Å². The van der Waals surface area contributed by atoms with Gasteiger partial charge in [0.25, 0.3) is 0 Å². The van der Waals surface area contributed by atoms with Crippen molar-refractivity contribution in [3.63, 3.8) is 0 Å². The van der Waals surface area contributed by atoms with Crippen LogP contribution >= 0.6 is 47.1 Å². The third-order valence-electron chi connectivity index (χ3n) is 3.33. The number of rotatable bonds is 7. The fourth-order valence-electron chi connectivity index (χ4n) is 2.18. The molecule has 0 fully saturated rings. The van der Waals surface area contributed by atoms with Crippen LogP contribution in [-0.4, -0.2) is 42.2 Å². The topological polar surface area (TPSA) is 40.5 Å². The molecule has 0 saturated heterocycles. The van der Waals surface area contributed by atoms with Crippen LogP contribution in [0.4, 0.5) is 4.39 Å². The fraction of sp³-hybridized carbons (Fsp3) is 0.412. The summed E-state index contributed by atoms with van der Waals surface area (Å²) >= 11 is 3.40. The van der Waals surface area contributed by atoms with Gasteiger partial charge in [-0.1, -0.05) is 0 Å². The predicted molar refractivity (Wildman–Crippen MR) is 117 cm³/mol. The number of benzene rings is 1. The van der Waals surface area contributed by atoms with E-state index in [9.17, 15) is 4.39 Å². The van der Waals surface area contributed by atoms with Gasteiger partial charge in [0.1, 0.15) is 5.82 Å². The van der Waals surface area contributed by atoms with Crippen LogP contribution in [0.1, 0.15) is 17.1 Å². The Morgan fingerprint density at radius 2 is 2.08 bits per heavy atom. The predicted octanol–water partition coefficient (Wildman–Crippen LogP) is 4.40. The average Bonchev–Trinajstić information content (AvgIpc) is 2.97. The molecule has 0 radical (unpaired) electrons. The van der Waals surface area contributed by atoms with Crippen molar-refractivity contribution < 1.29 is 4.39 Å². The van der Waals surface area contributed by atoms with E-state index in [0.29, 0.717) is 0 Å². The van der Waals surface area contributed by atoms with Crippen molar-refractivity contribution >= 4 is 53.0 Å². The van der Waals surface area contributed by atoms with Gasteiger partial charge in [-0.05, 0) is 43.4 Å². The number of aromatic nitrogens is 1. The SMILES string of the molecule is CN=C(NCCCSc1ccc(F)cc1)N(C)Cc1csc(C)n1.I. The minimum absolute atomic E-state index is 0. The highest BCUT2D eigenvalue weighted by atomic mass is 127. The molecule has 8 heteroatoms. The van der Waals surface area contributed by atoms with E-state index in [2.05, 4.69) is 25.6 Å². The smallest absolute Gasteiger partial charge is 0.193 e. The summed E-state index contributed by atoms with van der Waals surface area (Å²) in [7, 11) is 3.80. The molecular weight excluding hydrogens is 470 g/mol. The maximum absolute atomic E-state index is 12.8. The average molecular weight is 494 g/mol. The zero-order chi connectivity index (χ0) is 17.4. The normalized spacial score (nSPS) is 11.1. The van der Waals surface area contributed by atoms with Crippen LogP contribution in [-0.2, 0) is 6.54 Å². The fourth-order valence-corrected chi connectivity index (χ4v) is 3.63. The molecule has 1 aromatic carbocycles. The van der Waals surface area contributed by atoms with Crippen LogP contribution in [0, 0.1) is 12.7 Å². The molecule has 0 saturated carbocycles. The van der Waals surface area contributed by atoms with Gasteiger partial charge in [0.2, 0.25) is 0 Å². The summed E-state index contributed by atoms with van der Waals surface area (Å²) in [6.45, 7) is 3.61. The van der Waals surface area contributed by atoms with E-state index in [1.54, 1.807) is 30.1 Å². The molecule has 0 aliphatic carbocycles. The van der Waals surface area contributed by atoms with Gasteiger partial charge in [-0.15, -0.1) is 47.1 Å². The number of aliphatic imine (C=N–C) groups is 1. The van der Waals surface area contributed by atoms with Crippen LogP contribution in [0.15, 0.2) is 39.5 Å². The van der Waals surface area contributed by atoms with Gasteiger partial charge in [0, 0.05) is 30.9 Å². The summed E-state index contributed by atoms with van der Waals surface area (Å²) in [5.41, 5.74) is 1.06. The largest absolute Gasteiger partial charge is 0.356 e. The highest BCUT2D eigenvalue weighted by Crippen LogP contribution is 2.18. The van der Waals surface area contributed by atoms with Crippen molar-refractivity contribution in [1.82, 2.24) is 15.2 Å². The number of hydrogen-bond donors (Lipinski definition) is 1. The molecule has 0 spiro atoms. The Morgan fingerprint density at radius 1 is 1.36 bits per heavy atom. The molecule has 0 aliphatic heterocycles. The number of nitrogens with zero attached hydrogens (tertiary/aromatic N) is 3. The summed E-state index contributed by atoms with van der Waals surface area (Å²) < 4.78 is 12.8. The van der Waals surface area contributed by atoms with Gasteiger partial charge >= 0.3 is 0 Å². The Balaban J connectivity index is 0.00000312. The second-order valence-electron chi connectivity index (χ2n) is 5.34. The van der Waals surface area contributed by atoms with Crippen LogP contribution in [0.3, 0.4) is 0 Å². The van der Waals surface area contributed by atoms with Gasteiger partial charge < -0.3 is 10.2 Å². The maximum Gasteiger partial charge on any atom is 0.193 e. The Hall–Kier alpha value is -0.870. The molecule has 2 rings (SSSR count). The minimum atomic E-state index is -0.192. The van der Waals surface area contributed by atoms with Crippen LogP contribution in [0.2, 0.25) is 0 Å². The standard InChI is InChI=1S/C17H23FN4S2.HI/c1-13-21-15(12-24-13)11-22(3)17(19-2)20-9-4-10-23-16-7-5-14(18)6-8-16;/h5-8,12H,4,9-11H2,1-3H3,(H,19,20);1H. The minimum Gasteiger partial charge on any atom is -0.356 e. The first kappa shape index (κ1) is 22.2. The second-order valence-corrected chi connectivity index (χ2v) is 7.57. The van der Waals surface area contributed by atoms with Crippen LogP contribution in [0.25, 0.3) is 0 Å². The first-order valence-electron chi connectivity index (χ1n) is 7.79. The molecule has 1 heterocycles. The molecule has 1 aromatic heterocycles. The number of thioether (sulfide) groups is 1. The van der Waals surface area contributed by atoms with Crippen molar-refractivity contribution in [2.45, 2.75) is 24.8 Å². The third kappa shape index (κ3) is 7.91. The lowest BCUT2D eigenvalue weighted by Crippen LogP contribution is -2.39. The number of guanidine groups is 1. The number of thiazole rings is 1. The van der Waals surface area contributed by atoms with Crippen LogP contribution in [0.5, 0.6) is 0 Å². The highest BCUT2D eigenvalue weighted by molar-refractivity contribution is 14.0. The molecular formula is C17H24FIN4S2. The van der Waals surface area contributed by atoms with Crippen LogP contribution < -0.4 is 5.32 Å². The zero-order valence-corrected chi connectivity index (χ0v) is 18.6. The summed E-state index contributed by atoms with van der Waals surface area (Å²) in [6, 6.07) is 6.63.